The van der Waals surface area contributed by atoms with Crippen LogP contribution in [-0.4, -0.2) is 0 Å². The van der Waals surface area contributed by atoms with Gasteiger partial charge in [-0.3, -0.25) is 0 Å². The van der Waals surface area contributed by atoms with E-state index in [0.717, 1.165) is 12.8 Å². The second-order valence-electron chi connectivity index (χ2n) is 8.70. The van der Waals surface area contributed by atoms with Gasteiger partial charge in [-0.05, 0) is 35.1 Å². The summed E-state index contributed by atoms with van der Waals surface area (Å²) in [5, 5.41) is 0. The molecule has 0 aromatic heterocycles. The molecule has 0 spiro atoms. The normalized spacial score (nSPS) is 17.5. The fourth-order valence-electron chi connectivity index (χ4n) is 5.41. The van der Waals surface area contributed by atoms with Crippen molar-refractivity contribution < 1.29 is 38.6 Å². The average Bonchev–Trinajstić information content (AvgIpc) is 3.41. The molecule has 2 unspecified atom stereocenters. The maximum atomic E-state index is 3.50. The molecule has 0 aliphatic heterocycles. The van der Waals surface area contributed by atoms with Crippen molar-refractivity contribution in [2.24, 2.45) is 0 Å². The van der Waals surface area contributed by atoms with Gasteiger partial charge in [0.15, 0.2) is 0 Å². The van der Waals surface area contributed by atoms with Crippen LogP contribution in [0.5, 0.6) is 0 Å². The van der Waals surface area contributed by atoms with Crippen molar-refractivity contribution in [3.63, 3.8) is 0 Å². The first kappa shape index (κ1) is 24.7. The van der Waals surface area contributed by atoms with Crippen LogP contribution in [-0.2, 0) is 26.2 Å². The summed E-state index contributed by atoms with van der Waals surface area (Å²) in [6, 6.07) is 41.5. The number of allylic oxidation sites excluding steroid dienone is 2. The molecule has 1 radical (unpaired) electrons. The van der Waals surface area contributed by atoms with Gasteiger partial charge in [-0.25, -0.2) is 0 Å². The molecule has 0 saturated heterocycles. The van der Waals surface area contributed by atoms with Crippen LogP contribution in [0.1, 0.15) is 58.1 Å². The standard InChI is InChI=1S/C32H24.ClH.Zr/c1-3-11-23(12-4-1)31-27(21-25-15-7-9-17-29(25)31)19-20-28-22-26-16-8-10-18-30(26)32(28)24-13-5-2-6-14-24;;/h1-11,13,15-18,21-22,31-32H,19-20H2;1H;/q-2;;+3/p-1. The minimum Gasteiger partial charge on any atom is -1.00 e. The van der Waals surface area contributed by atoms with Crippen molar-refractivity contribution >= 4 is 12.2 Å². The fourth-order valence-corrected chi connectivity index (χ4v) is 5.41. The molecule has 0 nitrogen and oxygen atoms in total. The zero-order valence-electron chi connectivity index (χ0n) is 18.8. The molecule has 2 aliphatic rings. The Bertz CT molecular complexity index is 1220. The molecule has 2 aliphatic carbocycles. The zero-order valence-corrected chi connectivity index (χ0v) is 22.1. The monoisotopic (exact) mass is 533 g/mol. The number of rotatable bonds is 5. The first-order valence-electron chi connectivity index (χ1n) is 11.4. The summed E-state index contributed by atoms with van der Waals surface area (Å²) in [7, 11) is 0. The minimum atomic E-state index is 0. The number of benzene rings is 4. The molecule has 6 rings (SSSR count). The first-order valence-corrected chi connectivity index (χ1v) is 11.4. The van der Waals surface area contributed by atoms with Gasteiger partial charge in [0.2, 0.25) is 0 Å². The van der Waals surface area contributed by atoms with Crippen LogP contribution in [0.25, 0.3) is 12.2 Å². The largest absolute Gasteiger partial charge is 3.00 e. The third-order valence-corrected chi connectivity index (χ3v) is 6.83. The summed E-state index contributed by atoms with van der Waals surface area (Å²) in [5.41, 5.74) is 11.0. The van der Waals surface area contributed by atoms with Crippen molar-refractivity contribution in [3.05, 3.63) is 154 Å². The van der Waals surface area contributed by atoms with Crippen LogP contribution >= 0.6 is 0 Å². The van der Waals surface area contributed by atoms with Crippen LogP contribution < -0.4 is 12.4 Å². The van der Waals surface area contributed by atoms with Crippen LogP contribution in [0.15, 0.2) is 108 Å². The Morgan fingerprint density at radius 1 is 0.529 bits per heavy atom. The molecule has 163 valence electrons. The van der Waals surface area contributed by atoms with E-state index in [0.29, 0.717) is 11.8 Å². The smallest absolute Gasteiger partial charge is 1.00 e. The van der Waals surface area contributed by atoms with E-state index in [2.05, 4.69) is 109 Å². The van der Waals surface area contributed by atoms with E-state index in [9.17, 15) is 0 Å². The van der Waals surface area contributed by atoms with Gasteiger partial charge in [0.1, 0.15) is 0 Å². The summed E-state index contributed by atoms with van der Waals surface area (Å²) in [5.74, 6) is 0.608. The number of fused-ring (bicyclic) bond motifs is 2. The Labute approximate surface area is 228 Å². The van der Waals surface area contributed by atoms with Gasteiger partial charge in [0.25, 0.3) is 0 Å². The second-order valence-corrected chi connectivity index (χ2v) is 8.70. The van der Waals surface area contributed by atoms with E-state index >= 15 is 0 Å². The third-order valence-electron chi connectivity index (χ3n) is 6.83. The van der Waals surface area contributed by atoms with Gasteiger partial charge in [0, 0.05) is 11.8 Å². The maximum Gasteiger partial charge on any atom is 3.00 e. The molecule has 0 amide bonds. The molecule has 2 atom stereocenters. The SMILES string of the molecule is [Cl-].[Zr+3].[c-]1ccccc1C1C(CCC2=Cc3ccccc3C2c2[c-]cccc2)=Cc2ccccc21. The van der Waals surface area contributed by atoms with E-state index in [1.807, 2.05) is 12.1 Å². The van der Waals surface area contributed by atoms with E-state index in [1.165, 1.54) is 44.5 Å². The Balaban J connectivity index is 0.00000137. The van der Waals surface area contributed by atoms with Crippen molar-refractivity contribution in [2.75, 3.05) is 0 Å². The molecule has 0 N–H and O–H groups in total. The number of hydrogen-bond acceptors (Lipinski definition) is 0. The summed E-state index contributed by atoms with van der Waals surface area (Å²) >= 11 is 0. The van der Waals surface area contributed by atoms with Crippen molar-refractivity contribution in [2.45, 2.75) is 24.7 Å². The molecular formula is C32H24ClZr. The summed E-state index contributed by atoms with van der Waals surface area (Å²) < 4.78 is 0. The summed E-state index contributed by atoms with van der Waals surface area (Å²) in [6.07, 6.45) is 6.91. The predicted octanol–water partition coefficient (Wildman–Crippen LogP) is 4.83. The van der Waals surface area contributed by atoms with Crippen molar-refractivity contribution in [1.29, 1.82) is 0 Å². The van der Waals surface area contributed by atoms with E-state index in [4.69, 9.17) is 0 Å². The van der Waals surface area contributed by atoms with Crippen LogP contribution in [0.3, 0.4) is 0 Å². The predicted molar refractivity (Wildman–Crippen MR) is 132 cm³/mol. The number of halogens is 1. The fraction of sp³-hybridized carbons (Fsp3) is 0.125. The summed E-state index contributed by atoms with van der Waals surface area (Å²) in [6.45, 7) is 0. The van der Waals surface area contributed by atoms with Gasteiger partial charge < -0.3 is 12.4 Å². The molecule has 0 bridgehead atoms. The van der Waals surface area contributed by atoms with Gasteiger partial charge in [-0.15, -0.1) is 0 Å². The van der Waals surface area contributed by atoms with E-state index < -0.39 is 0 Å². The minimum absolute atomic E-state index is 0. The Kier molecular flexibility index (Phi) is 7.87. The summed E-state index contributed by atoms with van der Waals surface area (Å²) in [4.78, 5) is 0. The molecule has 4 aromatic rings. The quantitative estimate of drug-likeness (QED) is 0.322. The Morgan fingerprint density at radius 3 is 1.35 bits per heavy atom. The average molecular weight is 535 g/mol. The topological polar surface area (TPSA) is 0 Å². The van der Waals surface area contributed by atoms with Gasteiger partial charge >= 0.3 is 26.2 Å². The molecule has 4 aromatic carbocycles. The van der Waals surface area contributed by atoms with Crippen molar-refractivity contribution in [1.82, 2.24) is 0 Å². The first-order chi connectivity index (χ1) is 15.9. The molecule has 0 saturated carbocycles. The molecule has 2 heteroatoms. The number of hydrogen-bond donors (Lipinski definition) is 0. The zero-order chi connectivity index (χ0) is 21.3. The second kappa shape index (κ2) is 10.9. The van der Waals surface area contributed by atoms with Crippen LogP contribution in [0.4, 0.5) is 0 Å². The molecular weight excluding hydrogens is 511 g/mol. The molecule has 34 heavy (non-hydrogen) atoms. The van der Waals surface area contributed by atoms with E-state index in [1.54, 1.807) is 0 Å². The van der Waals surface area contributed by atoms with Crippen LogP contribution in [0.2, 0.25) is 0 Å². The van der Waals surface area contributed by atoms with Crippen LogP contribution in [0, 0.1) is 12.1 Å². The van der Waals surface area contributed by atoms with Gasteiger partial charge in [0.05, 0.1) is 0 Å². The Hall–Kier alpha value is -2.47. The third kappa shape index (κ3) is 4.57. The Morgan fingerprint density at radius 2 is 0.941 bits per heavy atom. The maximum absolute atomic E-state index is 3.50. The van der Waals surface area contributed by atoms with Gasteiger partial charge in [-0.1, -0.05) is 71.8 Å². The van der Waals surface area contributed by atoms with Gasteiger partial charge in [-0.2, -0.15) is 71.8 Å². The van der Waals surface area contributed by atoms with Crippen molar-refractivity contribution in [3.8, 4) is 0 Å². The van der Waals surface area contributed by atoms with E-state index in [-0.39, 0.29) is 38.6 Å². The molecule has 0 heterocycles. The molecule has 0 fully saturated rings.